The van der Waals surface area contributed by atoms with E-state index in [9.17, 15) is 4.79 Å². The predicted octanol–water partition coefficient (Wildman–Crippen LogP) is 3.60. The van der Waals surface area contributed by atoms with Gasteiger partial charge in [-0.2, -0.15) is 5.26 Å². The summed E-state index contributed by atoms with van der Waals surface area (Å²) in [4.78, 5) is 14.7. The number of rotatable bonds is 4. The summed E-state index contributed by atoms with van der Waals surface area (Å²) in [5, 5.41) is 11.0. The highest BCUT2D eigenvalue weighted by Gasteiger charge is 2.12. The van der Waals surface area contributed by atoms with E-state index >= 15 is 0 Å². The van der Waals surface area contributed by atoms with E-state index in [1.165, 1.54) is 11.3 Å². The molecule has 1 heterocycles. The lowest BCUT2D eigenvalue weighted by Crippen LogP contribution is -2.08. The van der Waals surface area contributed by atoms with Gasteiger partial charge in [0.2, 0.25) is 5.78 Å². The highest BCUT2D eigenvalue weighted by Crippen LogP contribution is 2.18. The van der Waals surface area contributed by atoms with Gasteiger partial charge in [-0.1, -0.05) is 18.2 Å². The van der Waals surface area contributed by atoms with Crippen LogP contribution < -0.4 is 4.90 Å². The van der Waals surface area contributed by atoms with E-state index in [1.807, 2.05) is 54.7 Å². The fourth-order valence-electron chi connectivity index (χ4n) is 1.72. The topological polar surface area (TPSA) is 44.1 Å². The first-order chi connectivity index (χ1) is 9.61. The monoisotopic (exact) mass is 282 g/mol. The van der Waals surface area contributed by atoms with E-state index in [1.54, 1.807) is 18.2 Å². The standard InChI is InChI=1S/C16H14N2OS/c1-18(2)14-7-5-12(6-8-14)10-13(11-17)16(19)15-4-3-9-20-15/h3-10H,1-2H3. The minimum Gasteiger partial charge on any atom is -0.378 e. The summed E-state index contributed by atoms with van der Waals surface area (Å²) < 4.78 is 0. The minimum atomic E-state index is -0.223. The van der Waals surface area contributed by atoms with E-state index in [2.05, 4.69) is 0 Å². The fraction of sp³-hybridized carbons (Fsp3) is 0.125. The van der Waals surface area contributed by atoms with Crippen molar-refractivity contribution in [2.45, 2.75) is 0 Å². The molecule has 100 valence electrons. The van der Waals surface area contributed by atoms with Crippen LogP contribution in [0.25, 0.3) is 6.08 Å². The number of ketones is 1. The molecule has 1 aromatic carbocycles. The average Bonchev–Trinajstić information content (AvgIpc) is 2.98. The first-order valence-electron chi connectivity index (χ1n) is 6.09. The first-order valence-corrected chi connectivity index (χ1v) is 6.97. The van der Waals surface area contributed by atoms with Gasteiger partial charge in [0.1, 0.15) is 11.6 Å². The summed E-state index contributed by atoms with van der Waals surface area (Å²) in [6.07, 6.45) is 1.63. The summed E-state index contributed by atoms with van der Waals surface area (Å²) >= 11 is 1.34. The zero-order valence-electron chi connectivity index (χ0n) is 11.3. The molecule has 0 amide bonds. The number of carbonyl (C=O) groups is 1. The van der Waals surface area contributed by atoms with Crippen LogP contribution in [0.3, 0.4) is 0 Å². The van der Waals surface area contributed by atoms with E-state index in [-0.39, 0.29) is 11.4 Å². The van der Waals surface area contributed by atoms with Crippen LogP contribution in [0.15, 0.2) is 47.4 Å². The van der Waals surface area contributed by atoms with Gasteiger partial charge < -0.3 is 4.90 Å². The Kier molecular flexibility index (Phi) is 4.34. The normalized spacial score (nSPS) is 10.9. The van der Waals surface area contributed by atoms with Gasteiger partial charge in [0.05, 0.1) is 4.88 Å². The Morgan fingerprint density at radius 1 is 1.25 bits per heavy atom. The Morgan fingerprint density at radius 2 is 1.95 bits per heavy atom. The molecule has 2 aromatic rings. The molecular formula is C16H14N2OS. The highest BCUT2D eigenvalue weighted by atomic mass is 32.1. The number of hydrogen-bond acceptors (Lipinski definition) is 4. The molecule has 0 atom stereocenters. The molecule has 1 aromatic heterocycles. The van der Waals surface area contributed by atoms with Crippen molar-refractivity contribution in [3.8, 4) is 6.07 Å². The van der Waals surface area contributed by atoms with Crippen molar-refractivity contribution in [3.05, 3.63) is 57.8 Å². The molecule has 4 heteroatoms. The maximum Gasteiger partial charge on any atom is 0.213 e. The Labute approximate surface area is 122 Å². The first kappa shape index (κ1) is 14.0. The fourth-order valence-corrected chi connectivity index (χ4v) is 2.40. The van der Waals surface area contributed by atoms with Gasteiger partial charge in [-0.25, -0.2) is 0 Å². The van der Waals surface area contributed by atoms with Crippen LogP contribution in [0.1, 0.15) is 15.2 Å². The lowest BCUT2D eigenvalue weighted by Gasteiger charge is -2.11. The van der Waals surface area contributed by atoms with Crippen LogP contribution in [0, 0.1) is 11.3 Å². The number of thiophene rings is 1. The third-order valence-electron chi connectivity index (χ3n) is 2.83. The molecule has 0 radical (unpaired) electrons. The van der Waals surface area contributed by atoms with Crippen molar-refractivity contribution in [1.29, 1.82) is 5.26 Å². The van der Waals surface area contributed by atoms with Gasteiger partial charge in [-0.15, -0.1) is 11.3 Å². The summed E-state index contributed by atoms with van der Waals surface area (Å²) in [5.74, 6) is -0.223. The van der Waals surface area contributed by atoms with Crippen LogP contribution in [0.5, 0.6) is 0 Å². The molecule has 0 aliphatic carbocycles. The van der Waals surface area contributed by atoms with Crippen molar-refractivity contribution in [2.75, 3.05) is 19.0 Å². The number of nitrogens with zero attached hydrogens (tertiary/aromatic N) is 2. The summed E-state index contributed by atoms with van der Waals surface area (Å²) in [6.45, 7) is 0. The average molecular weight is 282 g/mol. The van der Waals surface area contributed by atoms with Gasteiger partial charge >= 0.3 is 0 Å². The lowest BCUT2D eigenvalue weighted by atomic mass is 10.1. The van der Waals surface area contributed by atoms with Gasteiger partial charge in [-0.3, -0.25) is 4.79 Å². The maximum absolute atomic E-state index is 12.1. The second kappa shape index (κ2) is 6.18. The zero-order chi connectivity index (χ0) is 14.5. The Balaban J connectivity index is 2.28. The van der Waals surface area contributed by atoms with E-state index in [4.69, 9.17) is 5.26 Å². The van der Waals surface area contributed by atoms with Crippen LogP contribution in [0.4, 0.5) is 5.69 Å². The second-order valence-corrected chi connectivity index (χ2v) is 5.41. The molecule has 0 aliphatic rings. The summed E-state index contributed by atoms with van der Waals surface area (Å²) in [6, 6.07) is 13.2. The molecule has 20 heavy (non-hydrogen) atoms. The van der Waals surface area contributed by atoms with E-state index in [0.717, 1.165) is 11.3 Å². The van der Waals surface area contributed by atoms with Crippen molar-refractivity contribution in [3.63, 3.8) is 0 Å². The molecule has 2 rings (SSSR count). The molecule has 0 aliphatic heterocycles. The Bertz CT molecular complexity index is 662. The zero-order valence-corrected chi connectivity index (χ0v) is 12.1. The number of allylic oxidation sites excluding steroid dienone is 1. The van der Waals surface area contributed by atoms with E-state index < -0.39 is 0 Å². The summed E-state index contributed by atoms with van der Waals surface area (Å²) in [7, 11) is 3.93. The van der Waals surface area contributed by atoms with Crippen LogP contribution in [-0.4, -0.2) is 19.9 Å². The number of benzene rings is 1. The van der Waals surface area contributed by atoms with Gasteiger partial charge in [0, 0.05) is 19.8 Å². The van der Waals surface area contributed by atoms with Gasteiger partial charge in [0.15, 0.2) is 0 Å². The third kappa shape index (κ3) is 3.14. The molecule has 0 saturated carbocycles. The molecule has 0 saturated heterocycles. The second-order valence-electron chi connectivity index (χ2n) is 4.46. The number of Topliss-reactive ketones (excluding diaryl/α,β-unsaturated/α-hetero) is 1. The number of carbonyl (C=O) groups excluding carboxylic acids is 1. The van der Waals surface area contributed by atoms with Crippen LogP contribution >= 0.6 is 11.3 Å². The van der Waals surface area contributed by atoms with Crippen LogP contribution in [-0.2, 0) is 0 Å². The molecule has 0 N–H and O–H groups in total. The number of nitriles is 1. The van der Waals surface area contributed by atoms with Crippen LogP contribution in [0.2, 0.25) is 0 Å². The number of hydrogen-bond donors (Lipinski definition) is 0. The van der Waals surface area contributed by atoms with Gasteiger partial charge in [-0.05, 0) is 35.2 Å². The van der Waals surface area contributed by atoms with E-state index in [0.29, 0.717) is 4.88 Å². The largest absolute Gasteiger partial charge is 0.378 e. The minimum absolute atomic E-state index is 0.157. The lowest BCUT2D eigenvalue weighted by molar-refractivity contribution is 0.104. The number of anilines is 1. The quantitative estimate of drug-likeness (QED) is 0.489. The maximum atomic E-state index is 12.1. The molecule has 0 fully saturated rings. The van der Waals surface area contributed by atoms with Crippen molar-refractivity contribution in [1.82, 2.24) is 0 Å². The highest BCUT2D eigenvalue weighted by molar-refractivity contribution is 7.12. The molecule has 0 unspecified atom stereocenters. The molecule has 0 spiro atoms. The predicted molar refractivity (Wildman–Crippen MR) is 83.0 cm³/mol. The molecule has 3 nitrogen and oxygen atoms in total. The van der Waals surface area contributed by atoms with Gasteiger partial charge in [0.25, 0.3) is 0 Å². The smallest absolute Gasteiger partial charge is 0.213 e. The molecular weight excluding hydrogens is 268 g/mol. The molecule has 0 bridgehead atoms. The Morgan fingerprint density at radius 3 is 2.45 bits per heavy atom. The SMILES string of the molecule is CN(C)c1ccc(C=C(C#N)C(=O)c2cccs2)cc1. The third-order valence-corrected chi connectivity index (χ3v) is 3.70. The van der Waals surface area contributed by atoms with Crippen molar-refractivity contribution in [2.24, 2.45) is 0 Å². The van der Waals surface area contributed by atoms with Crippen molar-refractivity contribution >= 4 is 28.9 Å². The van der Waals surface area contributed by atoms with Crippen molar-refractivity contribution < 1.29 is 4.79 Å². The summed E-state index contributed by atoms with van der Waals surface area (Å²) in [5.41, 5.74) is 2.08. The Hall–Kier alpha value is -2.38.